The summed E-state index contributed by atoms with van der Waals surface area (Å²) in [6, 6.07) is 0. The lowest BCUT2D eigenvalue weighted by atomic mass is 10.1. The van der Waals surface area contributed by atoms with Gasteiger partial charge in [0.15, 0.2) is 11.6 Å². The first-order valence-corrected chi connectivity index (χ1v) is 4.89. The number of nitrogens with zero attached hydrogens (tertiary/aromatic N) is 1. The Hall–Kier alpha value is -1.29. The quantitative estimate of drug-likeness (QED) is 0.759. The number of hydrogen-bond acceptors (Lipinski definition) is 4. The third-order valence-electron chi connectivity index (χ3n) is 2.06. The van der Waals surface area contributed by atoms with Gasteiger partial charge in [-0.3, -0.25) is 0 Å². The smallest absolute Gasteiger partial charge is 0.173 e. The number of aromatic nitrogens is 1. The second-order valence-corrected chi connectivity index (χ2v) is 3.73. The van der Waals surface area contributed by atoms with E-state index in [0.29, 0.717) is 5.82 Å². The van der Waals surface area contributed by atoms with E-state index in [1.807, 2.05) is 19.2 Å². The molecule has 3 nitrogen and oxygen atoms in total. The van der Waals surface area contributed by atoms with Crippen molar-refractivity contribution in [2.24, 2.45) is 0 Å². The topological polar surface area (TPSA) is 52.0 Å². The Morgan fingerprint density at radius 2 is 2.15 bits per heavy atom. The molecule has 0 aromatic carbocycles. The normalized spacial score (nSPS) is 10.6. The first-order valence-electron chi connectivity index (χ1n) is 3.95. The van der Waals surface area contributed by atoms with E-state index in [1.165, 1.54) is 5.56 Å². The molecule has 2 aromatic heterocycles. The number of nitrogens with two attached hydrogens (primary N) is 1. The Morgan fingerprint density at radius 1 is 1.38 bits per heavy atom. The van der Waals surface area contributed by atoms with Gasteiger partial charge in [-0.2, -0.15) is 11.3 Å². The van der Waals surface area contributed by atoms with Crippen LogP contribution in [-0.2, 0) is 0 Å². The Balaban J connectivity index is 2.59. The van der Waals surface area contributed by atoms with Crippen molar-refractivity contribution >= 4 is 17.2 Å². The molecule has 0 fully saturated rings. The zero-order valence-corrected chi connectivity index (χ0v) is 8.31. The maximum absolute atomic E-state index is 5.60. The van der Waals surface area contributed by atoms with Gasteiger partial charge in [0.25, 0.3) is 0 Å². The van der Waals surface area contributed by atoms with E-state index in [4.69, 9.17) is 10.3 Å². The fourth-order valence-electron chi connectivity index (χ4n) is 1.19. The maximum Gasteiger partial charge on any atom is 0.173 e. The molecule has 0 bridgehead atoms. The third kappa shape index (κ3) is 1.23. The molecule has 0 aliphatic heterocycles. The summed E-state index contributed by atoms with van der Waals surface area (Å²) in [5, 5.41) is 7.84. The Bertz CT molecular complexity index is 431. The van der Waals surface area contributed by atoms with Crippen LogP contribution in [0.4, 0.5) is 5.82 Å². The molecule has 2 rings (SSSR count). The van der Waals surface area contributed by atoms with Crippen LogP contribution in [0.2, 0.25) is 0 Å². The number of thiophene rings is 1. The fourth-order valence-corrected chi connectivity index (χ4v) is 2.02. The highest BCUT2D eigenvalue weighted by atomic mass is 32.1. The summed E-state index contributed by atoms with van der Waals surface area (Å²) in [6.45, 7) is 3.96. The lowest BCUT2D eigenvalue weighted by Gasteiger charge is -1.94. The van der Waals surface area contributed by atoms with E-state index in [-0.39, 0.29) is 0 Å². The van der Waals surface area contributed by atoms with Crippen LogP contribution in [0, 0.1) is 13.8 Å². The van der Waals surface area contributed by atoms with E-state index >= 15 is 0 Å². The van der Waals surface area contributed by atoms with Crippen LogP contribution in [0.1, 0.15) is 11.1 Å². The molecule has 13 heavy (non-hydrogen) atoms. The van der Waals surface area contributed by atoms with Gasteiger partial charge in [-0.25, -0.2) is 0 Å². The summed E-state index contributed by atoms with van der Waals surface area (Å²) in [7, 11) is 0. The summed E-state index contributed by atoms with van der Waals surface area (Å²) in [4.78, 5) is 0. The van der Waals surface area contributed by atoms with Gasteiger partial charge in [-0.1, -0.05) is 5.16 Å². The standard InChI is InChI=1S/C9H10N2OS/c1-5-3-13-4-7(5)8-6(2)9(10)11-12-8/h3-4H,1-2H3,(H2,10,11). The molecule has 0 saturated heterocycles. The molecule has 68 valence electrons. The molecule has 0 amide bonds. The highest BCUT2D eigenvalue weighted by Crippen LogP contribution is 2.31. The first-order chi connectivity index (χ1) is 6.20. The SMILES string of the molecule is Cc1cscc1-c1onc(N)c1C. The van der Waals surface area contributed by atoms with Crippen LogP contribution in [0.15, 0.2) is 15.3 Å². The molecular formula is C9H10N2OS. The predicted molar refractivity (Wildman–Crippen MR) is 53.7 cm³/mol. The minimum atomic E-state index is 0.473. The molecule has 0 aliphatic carbocycles. The largest absolute Gasteiger partial charge is 0.381 e. The van der Waals surface area contributed by atoms with Gasteiger partial charge in [-0.05, 0) is 24.8 Å². The number of aryl methyl sites for hydroxylation is 1. The molecule has 0 aliphatic rings. The molecule has 0 saturated carbocycles. The van der Waals surface area contributed by atoms with Crippen molar-refractivity contribution in [2.45, 2.75) is 13.8 Å². The highest BCUT2D eigenvalue weighted by Gasteiger charge is 2.13. The van der Waals surface area contributed by atoms with Crippen LogP contribution in [0.25, 0.3) is 11.3 Å². The Kier molecular flexibility index (Phi) is 1.84. The van der Waals surface area contributed by atoms with Crippen molar-refractivity contribution in [3.63, 3.8) is 0 Å². The average Bonchev–Trinajstić information content (AvgIpc) is 2.62. The number of hydrogen-bond donors (Lipinski definition) is 1. The summed E-state index contributed by atoms with van der Waals surface area (Å²) in [5.74, 6) is 1.26. The van der Waals surface area contributed by atoms with Gasteiger partial charge in [0, 0.05) is 16.5 Å². The van der Waals surface area contributed by atoms with E-state index in [9.17, 15) is 0 Å². The fraction of sp³-hybridized carbons (Fsp3) is 0.222. The lowest BCUT2D eigenvalue weighted by Crippen LogP contribution is -1.86. The van der Waals surface area contributed by atoms with Crippen molar-refractivity contribution < 1.29 is 4.52 Å². The van der Waals surface area contributed by atoms with Gasteiger partial charge in [-0.15, -0.1) is 0 Å². The third-order valence-corrected chi connectivity index (χ3v) is 2.92. The molecule has 2 heterocycles. The van der Waals surface area contributed by atoms with Crippen LogP contribution in [0.3, 0.4) is 0 Å². The van der Waals surface area contributed by atoms with E-state index in [1.54, 1.807) is 11.3 Å². The van der Waals surface area contributed by atoms with Crippen molar-refractivity contribution in [3.8, 4) is 11.3 Å². The van der Waals surface area contributed by atoms with Crippen molar-refractivity contribution in [1.82, 2.24) is 5.16 Å². The molecule has 0 radical (unpaired) electrons. The van der Waals surface area contributed by atoms with E-state index < -0.39 is 0 Å². The van der Waals surface area contributed by atoms with Crippen molar-refractivity contribution in [2.75, 3.05) is 5.73 Å². The number of anilines is 1. The average molecular weight is 194 g/mol. The van der Waals surface area contributed by atoms with E-state index in [0.717, 1.165) is 16.9 Å². The highest BCUT2D eigenvalue weighted by molar-refractivity contribution is 7.08. The predicted octanol–water partition coefficient (Wildman–Crippen LogP) is 2.60. The zero-order chi connectivity index (χ0) is 9.42. The van der Waals surface area contributed by atoms with Gasteiger partial charge in [0.1, 0.15) is 0 Å². The summed E-state index contributed by atoms with van der Waals surface area (Å²) < 4.78 is 5.15. The van der Waals surface area contributed by atoms with E-state index in [2.05, 4.69) is 10.5 Å². The lowest BCUT2D eigenvalue weighted by molar-refractivity contribution is 0.435. The van der Waals surface area contributed by atoms with Gasteiger partial charge >= 0.3 is 0 Å². The van der Waals surface area contributed by atoms with Crippen molar-refractivity contribution in [1.29, 1.82) is 0 Å². The minimum absolute atomic E-state index is 0.473. The second kappa shape index (κ2) is 2.88. The molecule has 2 N–H and O–H groups in total. The van der Waals surface area contributed by atoms with Crippen LogP contribution < -0.4 is 5.73 Å². The van der Waals surface area contributed by atoms with Crippen LogP contribution in [-0.4, -0.2) is 5.16 Å². The van der Waals surface area contributed by atoms with Gasteiger partial charge < -0.3 is 10.3 Å². The molecule has 0 atom stereocenters. The van der Waals surface area contributed by atoms with Crippen LogP contribution in [0.5, 0.6) is 0 Å². The number of nitrogen functional groups attached to an aromatic ring is 1. The molecular weight excluding hydrogens is 184 g/mol. The molecule has 4 heteroatoms. The summed E-state index contributed by atoms with van der Waals surface area (Å²) in [5.41, 5.74) is 8.80. The zero-order valence-electron chi connectivity index (χ0n) is 7.50. The van der Waals surface area contributed by atoms with Gasteiger partial charge in [0.2, 0.25) is 0 Å². The first kappa shape index (κ1) is 8.31. The molecule has 0 unspecified atom stereocenters. The monoisotopic (exact) mass is 194 g/mol. The molecule has 0 spiro atoms. The van der Waals surface area contributed by atoms with Crippen molar-refractivity contribution in [3.05, 3.63) is 21.9 Å². The Morgan fingerprint density at radius 3 is 2.62 bits per heavy atom. The minimum Gasteiger partial charge on any atom is -0.381 e. The molecule has 2 aromatic rings. The summed E-state index contributed by atoms with van der Waals surface area (Å²) >= 11 is 1.65. The summed E-state index contributed by atoms with van der Waals surface area (Å²) in [6.07, 6.45) is 0. The van der Waals surface area contributed by atoms with Gasteiger partial charge in [0.05, 0.1) is 0 Å². The number of rotatable bonds is 1. The Labute approximate surface area is 80.2 Å². The second-order valence-electron chi connectivity index (χ2n) is 2.99. The van der Waals surface area contributed by atoms with Crippen LogP contribution >= 0.6 is 11.3 Å². The maximum atomic E-state index is 5.60.